The number of hydrogen-bond donors (Lipinski definition) is 1. The number of morpholine rings is 1. The number of nitrogens with one attached hydrogen (secondary N) is 1. The fourth-order valence-electron chi connectivity index (χ4n) is 1.96. The first-order valence-electron chi connectivity index (χ1n) is 6.21. The van der Waals surface area contributed by atoms with Crippen LogP contribution in [0.3, 0.4) is 0 Å². The third-order valence-electron chi connectivity index (χ3n) is 3.14. The van der Waals surface area contributed by atoms with Crippen LogP contribution in [0.15, 0.2) is 18.2 Å². The molecule has 0 aliphatic carbocycles. The van der Waals surface area contributed by atoms with Gasteiger partial charge in [-0.25, -0.2) is 0 Å². The topological polar surface area (TPSA) is 30.5 Å². The van der Waals surface area contributed by atoms with Gasteiger partial charge in [-0.2, -0.15) is 0 Å². The van der Waals surface area contributed by atoms with E-state index in [1.807, 2.05) is 6.07 Å². The zero-order valence-electron chi connectivity index (χ0n) is 10.8. The summed E-state index contributed by atoms with van der Waals surface area (Å²) >= 11 is 0. The maximum atomic E-state index is 5.77. The Morgan fingerprint density at radius 3 is 2.82 bits per heavy atom. The van der Waals surface area contributed by atoms with Crippen LogP contribution in [0.2, 0.25) is 0 Å². The molecular formula is C14H21NO2. The van der Waals surface area contributed by atoms with Crippen LogP contribution in [-0.4, -0.2) is 31.9 Å². The van der Waals surface area contributed by atoms with Gasteiger partial charge in [0.2, 0.25) is 0 Å². The average molecular weight is 235 g/mol. The first-order valence-corrected chi connectivity index (χ1v) is 6.21. The van der Waals surface area contributed by atoms with Gasteiger partial charge in [0.25, 0.3) is 0 Å². The smallest absolute Gasteiger partial charge is 0.119 e. The van der Waals surface area contributed by atoms with Crippen LogP contribution in [0, 0.1) is 13.8 Å². The molecule has 0 aromatic heterocycles. The first-order chi connectivity index (χ1) is 8.15. The molecule has 0 bridgehead atoms. The molecule has 3 heteroatoms. The molecule has 3 nitrogen and oxygen atoms in total. The Hall–Kier alpha value is -1.06. The van der Waals surface area contributed by atoms with E-state index in [9.17, 15) is 0 Å². The first kappa shape index (κ1) is 12.4. The van der Waals surface area contributed by atoms with Gasteiger partial charge < -0.3 is 14.8 Å². The Morgan fingerprint density at radius 2 is 2.12 bits per heavy atom. The molecule has 0 saturated carbocycles. The molecule has 1 fully saturated rings. The highest BCUT2D eigenvalue weighted by atomic mass is 16.5. The summed E-state index contributed by atoms with van der Waals surface area (Å²) in [5.74, 6) is 0.926. The van der Waals surface area contributed by atoms with E-state index in [1.54, 1.807) is 0 Å². The predicted molar refractivity (Wildman–Crippen MR) is 68.6 cm³/mol. The molecule has 1 aromatic rings. The summed E-state index contributed by atoms with van der Waals surface area (Å²) in [5, 5.41) is 3.34. The molecule has 2 unspecified atom stereocenters. The lowest BCUT2D eigenvalue weighted by molar-refractivity contribution is -0.0470. The molecule has 17 heavy (non-hydrogen) atoms. The maximum Gasteiger partial charge on any atom is 0.119 e. The van der Waals surface area contributed by atoms with Gasteiger partial charge in [-0.3, -0.25) is 0 Å². The van der Waals surface area contributed by atoms with E-state index >= 15 is 0 Å². The molecule has 1 aliphatic heterocycles. The van der Waals surface area contributed by atoms with Crippen LogP contribution >= 0.6 is 0 Å². The van der Waals surface area contributed by atoms with Crippen molar-refractivity contribution < 1.29 is 9.47 Å². The zero-order chi connectivity index (χ0) is 12.3. The van der Waals surface area contributed by atoms with Crippen molar-refractivity contribution in [3.8, 4) is 5.75 Å². The van der Waals surface area contributed by atoms with Crippen LogP contribution in [0.1, 0.15) is 18.1 Å². The van der Waals surface area contributed by atoms with Crippen LogP contribution < -0.4 is 10.1 Å². The summed E-state index contributed by atoms with van der Waals surface area (Å²) in [5.41, 5.74) is 2.56. The van der Waals surface area contributed by atoms with Crippen molar-refractivity contribution in [2.24, 2.45) is 0 Å². The van der Waals surface area contributed by atoms with Gasteiger partial charge in [0, 0.05) is 13.1 Å². The molecule has 0 radical (unpaired) electrons. The third kappa shape index (κ3) is 3.45. The Bertz CT molecular complexity index is 378. The molecule has 2 rings (SSSR count). The summed E-state index contributed by atoms with van der Waals surface area (Å²) in [6, 6.07) is 6.18. The van der Waals surface area contributed by atoms with Gasteiger partial charge in [-0.1, -0.05) is 6.07 Å². The summed E-state index contributed by atoms with van der Waals surface area (Å²) in [7, 11) is 0. The maximum absolute atomic E-state index is 5.77. The van der Waals surface area contributed by atoms with Crippen molar-refractivity contribution in [3.05, 3.63) is 29.3 Å². The highest BCUT2D eigenvalue weighted by molar-refractivity contribution is 5.33. The van der Waals surface area contributed by atoms with E-state index in [2.05, 4.69) is 38.2 Å². The standard InChI is InChI=1S/C14H21NO2/c1-10-4-5-13(6-11(10)2)16-9-14-8-15-7-12(3)17-14/h4-6,12,14-15H,7-9H2,1-3H3. The van der Waals surface area contributed by atoms with E-state index in [4.69, 9.17) is 9.47 Å². The van der Waals surface area contributed by atoms with E-state index in [1.165, 1.54) is 11.1 Å². The van der Waals surface area contributed by atoms with Crippen molar-refractivity contribution in [1.82, 2.24) is 5.32 Å². The molecule has 1 saturated heterocycles. The summed E-state index contributed by atoms with van der Waals surface area (Å²) in [6.07, 6.45) is 0.428. The fraction of sp³-hybridized carbons (Fsp3) is 0.571. The number of benzene rings is 1. The lowest BCUT2D eigenvalue weighted by atomic mass is 10.1. The lowest BCUT2D eigenvalue weighted by Crippen LogP contribution is -2.45. The second-order valence-electron chi connectivity index (χ2n) is 4.78. The van der Waals surface area contributed by atoms with Crippen LogP contribution in [0.5, 0.6) is 5.75 Å². The molecule has 0 spiro atoms. The lowest BCUT2D eigenvalue weighted by Gasteiger charge is -2.28. The Labute approximate surface area is 103 Å². The zero-order valence-corrected chi connectivity index (χ0v) is 10.8. The minimum Gasteiger partial charge on any atom is -0.491 e. The van der Waals surface area contributed by atoms with Gasteiger partial charge in [0.1, 0.15) is 18.5 Å². The minimum absolute atomic E-state index is 0.153. The van der Waals surface area contributed by atoms with Crippen LogP contribution in [0.4, 0.5) is 0 Å². The Morgan fingerprint density at radius 1 is 1.29 bits per heavy atom. The summed E-state index contributed by atoms with van der Waals surface area (Å²) < 4.78 is 11.5. The quantitative estimate of drug-likeness (QED) is 0.870. The number of rotatable bonds is 3. The van der Waals surface area contributed by atoms with Crippen molar-refractivity contribution in [2.75, 3.05) is 19.7 Å². The molecule has 1 N–H and O–H groups in total. The van der Waals surface area contributed by atoms with Crippen molar-refractivity contribution in [3.63, 3.8) is 0 Å². The van der Waals surface area contributed by atoms with Crippen LogP contribution in [0.25, 0.3) is 0 Å². The fourth-order valence-corrected chi connectivity index (χ4v) is 1.96. The van der Waals surface area contributed by atoms with E-state index in [-0.39, 0.29) is 12.2 Å². The predicted octanol–water partition coefficient (Wildman–Crippen LogP) is 2.06. The second kappa shape index (κ2) is 5.52. The Kier molecular flexibility index (Phi) is 4.02. The normalized spacial score (nSPS) is 24.6. The Balaban J connectivity index is 1.86. The number of hydrogen-bond acceptors (Lipinski definition) is 3. The summed E-state index contributed by atoms with van der Waals surface area (Å²) in [4.78, 5) is 0. The highest BCUT2D eigenvalue weighted by Gasteiger charge is 2.19. The SMILES string of the molecule is Cc1ccc(OCC2CNCC(C)O2)cc1C. The molecule has 2 atom stereocenters. The van der Waals surface area contributed by atoms with Crippen LogP contribution in [-0.2, 0) is 4.74 Å². The van der Waals surface area contributed by atoms with Gasteiger partial charge in [-0.05, 0) is 44.0 Å². The van der Waals surface area contributed by atoms with Gasteiger partial charge in [-0.15, -0.1) is 0 Å². The minimum atomic E-state index is 0.153. The average Bonchev–Trinajstić information content (AvgIpc) is 2.31. The molecule has 94 valence electrons. The molecule has 1 aromatic carbocycles. The monoisotopic (exact) mass is 235 g/mol. The van der Waals surface area contributed by atoms with Gasteiger partial charge in [0.15, 0.2) is 0 Å². The van der Waals surface area contributed by atoms with E-state index in [0.29, 0.717) is 6.61 Å². The van der Waals surface area contributed by atoms with E-state index < -0.39 is 0 Å². The summed E-state index contributed by atoms with van der Waals surface area (Å²) in [6.45, 7) is 8.70. The van der Waals surface area contributed by atoms with Crippen molar-refractivity contribution >= 4 is 0 Å². The number of ether oxygens (including phenoxy) is 2. The third-order valence-corrected chi connectivity index (χ3v) is 3.14. The molecular weight excluding hydrogens is 214 g/mol. The highest BCUT2D eigenvalue weighted by Crippen LogP contribution is 2.17. The molecule has 1 aliphatic rings. The largest absolute Gasteiger partial charge is 0.491 e. The molecule has 1 heterocycles. The van der Waals surface area contributed by atoms with Gasteiger partial charge >= 0.3 is 0 Å². The number of aryl methyl sites for hydroxylation is 2. The van der Waals surface area contributed by atoms with Crippen molar-refractivity contribution in [2.45, 2.75) is 33.0 Å². The van der Waals surface area contributed by atoms with Gasteiger partial charge in [0.05, 0.1) is 6.10 Å². The van der Waals surface area contributed by atoms with Crippen molar-refractivity contribution in [1.29, 1.82) is 0 Å². The molecule has 0 amide bonds. The van der Waals surface area contributed by atoms with E-state index in [0.717, 1.165) is 18.8 Å². The second-order valence-corrected chi connectivity index (χ2v) is 4.78.